The molecular formula is C13H20N2O. The zero-order chi connectivity index (χ0) is 12.0. The molecule has 0 amide bonds. The van der Waals surface area contributed by atoms with Crippen LogP contribution in [0.25, 0.3) is 0 Å². The van der Waals surface area contributed by atoms with Crippen LogP contribution in [0, 0.1) is 0 Å². The van der Waals surface area contributed by atoms with Crippen molar-refractivity contribution in [3.8, 4) is 5.88 Å². The fourth-order valence-electron chi connectivity index (χ4n) is 1.11. The minimum atomic E-state index is 0.123. The van der Waals surface area contributed by atoms with Gasteiger partial charge in [-0.3, -0.25) is 0 Å². The molecule has 88 valence electrons. The van der Waals surface area contributed by atoms with Crippen LogP contribution >= 0.6 is 0 Å². The van der Waals surface area contributed by atoms with Crippen molar-refractivity contribution in [3.05, 3.63) is 36.5 Å². The van der Waals surface area contributed by atoms with Crippen LogP contribution in [0.4, 0.5) is 0 Å². The molecule has 16 heavy (non-hydrogen) atoms. The summed E-state index contributed by atoms with van der Waals surface area (Å²) in [5.41, 5.74) is 1.28. The van der Waals surface area contributed by atoms with Crippen molar-refractivity contribution in [3.63, 3.8) is 0 Å². The predicted molar refractivity (Wildman–Crippen MR) is 66.5 cm³/mol. The van der Waals surface area contributed by atoms with Crippen molar-refractivity contribution in [1.29, 1.82) is 0 Å². The average molecular weight is 220 g/mol. The number of hydrogen-bond donors (Lipinski definition) is 1. The molecule has 0 bridgehead atoms. The number of rotatable bonds is 5. The predicted octanol–water partition coefficient (Wildman–Crippen LogP) is 2.53. The molecule has 0 radical (unpaired) electrons. The largest absolute Gasteiger partial charge is 0.473 e. The second kappa shape index (κ2) is 5.66. The van der Waals surface area contributed by atoms with E-state index >= 15 is 0 Å². The van der Waals surface area contributed by atoms with E-state index in [1.54, 1.807) is 6.08 Å². The molecule has 3 heteroatoms. The van der Waals surface area contributed by atoms with Crippen molar-refractivity contribution in [2.75, 3.05) is 6.61 Å². The molecule has 1 N–H and O–H groups in total. The van der Waals surface area contributed by atoms with Crippen molar-refractivity contribution < 1.29 is 4.74 Å². The first-order chi connectivity index (χ1) is 7.51. The van der Waals surface area contributed by atoms with Gasteiger partial charge in [0.1, 0.15) is 6.61 Å². The van der Waals surface area contributed by atoms with Gasteiger partial charge in [0, 0.05) is 24.3 Å². The van der Waals surface area contributed by atoms with E-state index in [1.165, 1.54) is 0 Å². The zero-order valence-electron chi connectivity index (χ0n) is 10.3. The van der Waals surface area contributed by atoms with Gasteiger partial charge in [0.25, 0.3) is 0 Å². The first-order valence-electron chi connectivity index (χ1n) is 5.45. The lowest BCUT2D eigenvalue weighted by molar-refractivity contribution is 0.348. The van der Waals surface area contributed by atoms with Gasteiger partial charge in [0.05, 0.1) is 0 Å². The molecule has 0 unspecified atom stereocenters. The maximum absolute atomic E-state index is 5.31. The molecule has 0 saturated carbocycles. The molecule has 3 nitrogen and oxygen atoms in total. The third kappa shape index (κ3) is 4.94. The van der Waals surface area contributed by atoms with Gasteiger partial charge in [-0.2, -0.15) is 0 Å². The highest BCUT2D eigenvalue weighted by Crippen LogP contribution is 2.08. The second-order valence-electron chi connectivity index (χ2n) is 4.71. The highest BCUT2D eigenvalue weighted by Gasteiger charge is 2.08. The summed E-state index contributed by atoms with van der Waals surface area (Å²) < 4.78 is 5.31. The normalized spacial score (nSPS) is 11.2. The highest BCUT2D eigenvalue weighted by molar-refractivity contribution is 5.18. The highest BCUT2D eigenvalue weighted by atomic mass is 16.5. The summed E-state index contributed by atoms with van der Waals surface area (Å²) in [7, 11) is 0. The minimum Gasteiger partial charge on any atom is -0.473 e. The maximum Gasteiger partial charge on any atom is 0.213 e. The molecule has 1 aromatic heterocycles. The summed E-state index contributed by atoms with van der Waals surface area (Å²) in [6.07, 6.45) is 3.54. The number of ether oxygens (including phenoxy) is 1. The summed E-state index contributed by atoms with van der Waals surface area (Å²) in [5.74, 6) is 0.638. The van der Waals surface area contributed by atoms with Gasteiger partial charge < -0.3 is 10.1 Å². The molecule has 0 spiro atoms. The van der Waals surface area contributed by atoms with Crippen LogP contribution in [0.2, 0.25) is 0 Å². The number of nitrogens with zero attached hydrogens (tertiary/aromatic N) is 1. The van der Waals surface area contributed by atoms with Gasteiger partial charge in [-0.1, -0.05) is 18.7 Å². The van der Waals surface area contributed by atoms with Crippen molar-refractivity contribution in [2.45, 2.75) is 32.9 Å². The topological polar surface area (TPSA) is 34.1 Å². The average Bonchev–Trinajstić information content (AvgIpc) is 2.24. The summed E-state index contributed by atoms with van der Waals surface area (Å²) in [5, 5.41) is 3.40. The molecule has 1 aromatic rings. The van der Waals surface area contributed by atoms with Gasteiger partial charge in [0.2, 0.25) is 5.88 Å². The molecule has 1 heterocycles. The maximum atomic E-state index is 5.31. The van der Waals surface area contributed by atoms with Crippen molar-refractivity contribution in [2.24, 2.45) is 0 Å². The van der Waals surface area contributed by atoms with E-state index in [1.807, 2.05) is 18.3 Å². The molecule has 1 rings (SSSR count). The lowest BCUT2D eigenvalue weighted by Gasteiger charge is -2.20. The Balaban J connectivity index is 2.48. The Morgan fingerprint density at radius 2 is 2.19 bits per heavy atom. The SMILES string of the molecule is C=CCOc1ccc(CNC(C)(C)C)cn1. The Morgan fingerprint density at radius 1 is 1.44 bits per heavy atom. The van der Waals surface area contributed by atoms with Crippen LogP contribution in [0.1, 0.15) is 26.3 Å². The Morgan fingerprint density at radius 3 is 2.69 bits per heavy atom. The first kappa shape index (κ1) is 12.7. The van der Waals surface area contributed by atoms with Gasteiger partial charge in [-0.25, -0.2) is 4.98 Å². The number of hydrogen-bond acceptors (Lipinski definition) is 3. The fraction of sp³-hybridized carbons (Fsp3) is 0.462. The number of aromatic nitrogens is 1. The van der Waals surface area contributed by atoms with Crippen LogP contribution in [-0.2, 0) is 6.54 Å². The molecular weight excluding hydrogens is 200 g/mol. The Hall–Kier alpha value is -1.35. The zero-order valence-corrected chi connectivity index (χ0v) is 10.3. The van der Waals surface area contributed by atoms with Gasteiger partial charge in [-0.15, -0.1) is 0 Å². The van der Waals surface area contributed by atoms with Crippen LogP contribution in [0.3, 0.4) is 0 Å². The molecule has 0 aliphatic heterocycles. The van der Waals surface area contributed by atoms with E-state index in [0.717, 1.165) is 12.1 Å². The standard InChI is InChI=1S/C13H20N2O/c1-5-8-16-12-7-6-11(9-14-12)10-15-13(2,3)4/h5-7,9,15H,1,8,10H2,2-4H3. The van der Waals surface area contributed by atoms with Crippen LogP contribution in [0.15, 0.2) is 31.0 Å². The lowest BCUT2D eigenvalue weighted by Crippen LogP contribution is -2.35. The monoisotopic (exact) mass is 220 g/mol. The molecule has 0 aliphatic carbocycles. The summed E-state index contributed by atoms with van der Waals surface area (Å²) in [6.45, 7) is 11.3. The van der Waals surface area contributed by atoms with Crippen LogP contribution in [-0.4, -0.2) is 17.1 Å². The lowest BCUT2D eigenvalue weighted by atomic mass is 10.1. The Bertz CT molecular complexity index is 325. The summed E-state index contributed by atoms with van der Waals surface area (Å²) in [4.78, 5) is 4.21. The summed E-state index contributed by atoms with van der Waals surface area (Å²) in [6, 6.07) is 3.90. The fourth-order valence-corrected chi connectivity index (χ4v) is 1.11. The first-order valence-corrected chi connectivity index (χ1v) is 5.45. The van der Waals surface area contributed by atoms with Crippen LogP contribution in [0.5, 0.6) is 5.88 Å². The molecule has 0 aliphatic rings. The number of nitrogens with one attached hydrogen (secondary N) is 1. The third-order valence-electron chi connectivity index (χ3n) is 1.97. The minimum absolute atomic E-state index is 0.123. The van der Waals surface area contributed by atoms with Crippen LogP contribution < -0.4 is 10.1 Å². The molecule has 0 fully saturated rings. The van der Waals surface area contributed by atoms with Crippen molar-refractivity contribution >= 4 is 0 Å². The van der Waals surface area contributed by atoms with E-state index in [9.17, 15) is 0 Å². The van der Waals surface area contributed by atoms with E-state index in [2.05, 4.69) is 37.7 Å². The van der Waals surface area contributed by atoms with Gasteiger partial charge >= 0.3 is 0 Å². The van der Waals surface area contributed by atoms with Gasteiger partial charge in [-0.05, 0) is 26.3 Å². The quantitative estimate of drug-likeness (QED) is 0.774. The molecule has 0 atom stereocenters. The Kier molecular flexibility index (Phi) is 4.50. The van der Waals surface area contributed by atoms with Crippen molar-refractivity contribution in [1.82, 2.24) is 10.3 Å². The van der Waals surface area contributed by atoms with E-state index in [4.69, 9.17) is 4.74 Å². The Labute approximate surface area is 97.5 Å². The van der Waals surface area contributed by atoms with E-state index in [0.29, 0.717) is 12.5 Å². The summed E-state index contributed by atoms with van der Waals surface area (Å²) >= 11 is 0. The number of pyridine rings is 1. The van der Waals surface area contributed by atoms with E-state index in [-0.39, 0.29) is 5.54 Å². The third-order valence-corrected chi connectivity index (χ3v) is 1.97. The smallest absolute Gasteiger partial charge is 0.213 e. The van der Waals surface area contributed by atoms with E-state index < -0.39 is 0 Å². The molecule has 0 aromatic carbocycles. The second-order valence-corrected chi connectivity index (χ2v) is 4.71. The van der Waals surface area contributed by atoms with Gasteiger partial charge in [0.15, 0.2) is 0 Å². The molecule has 0 saturated heterocycles.